The van der Waals surface area contributed by atoms with Crippen molar-refractivity contribution in [2.24, 2.45) is 0 Å². The summed E-state index contributed by atoms with van der Waals surface area (Å²) in [6.45, 7) is -0.487. The predicted octanol–water partition coefficient (Wildman–Crippen LogP) is 0.834. The van der Waals surface area contributed by atoms with Crippen molar-refractivity contribution in [2.45, 2.75) is 11.5 Å². The molecule has 0 radical (unpaired) electrons. The molecule has 20 heavy (non-hydrogen) atoms. The Balaban J connectivity index is 2.02. The summed E-state index contributed by atoms with van der Waals surface area (Å²) in [6, 6.07) is 2.75. The van der Waals surface area contributed by atoms with E-state index in [0.717, 1.165) is 4.90 Å². The normalized spacial score (nSPS) is 15.7. The zero-order valence-corrected chi connectivity index (χ0v) is 10.9. The van der Waals surface area contributed by atoms with Crippen LogP contribution in [0.15, 0.2) is 16.5 Å². The second-order valence-electron chi connectivity index (χ2n) is 3.97. The minimum atomic E-state index is -2.53. The summed E-state index contributed by atoms with van der Waals surface area (Å²) in [5, 5.41) is 2.06. The molecule has 0 atom stereocenters. The Labute approximate surface area is 116 Å². The van der Waals surface area contributed by atoms with Crippen molar-refractivity contribution in [1.29, 1.82) is 0 Å². The summed E-state index contributed by atoms with van der Waals surface area (Å²) < 4.78 is 29.2. The fourth-order valence-electron chi connectivity index (χ4n) is 1.65. The largest absolute Gasteiger partial charge is 0.455 e. The molecular formula is C11H10F2N2O4S. The molecule has 2 rings (SSSR count). The minimum Gasteiger partial charge on any atom is -0.455 e. The highest BCUT2D eigenvalue weighted by Gasteiger charge is 2.28. The monoisotopic (exact) mass is 304 g/mol. The Morgan fingerprint density at radius 1 is 1.35 bits per heavy atom. The molecular weight excluding hydrogens is 294 g/mol. The molecule has 0 unspecified atom stereocenters. The van der Waals surface area contributed by atoms with E-state index in [2.05, 4.69) is 5.32 Å². The number of nitrogens with zero attached hydrogens (tertiary/aromatic N) is 1. The minimum absolute atomic E-state index is 0.0651. The maximum atomic E-state index is 12.0. The molecule has 0 spiro atoms. The Kier molecular flexibility index (Phi) is 4.38. The van der Waals surface area contributed by atoms with E-state index in [1.807, 2.05) is 0 Å². The molecule has 1 N–H and O–H groups in total. The summed E-state index contributed by atoms with van der Waals surface area (Å²) >= 11 is 0.376. The number of thioether (sulfide) groups is 1. The van der Waals surface area contributed by atoms with Gasteiger partial charge in [-0.05, 0) is 12.1 Å². The third-order valence-corrected chi connectivity index (χ3v) is 3.16. The molecule has 108 valence electrons. The van der Waals surface area contributed by atoms with E-state index < -0.39 is 23.5 Å². The SMILES string of the molecule is O=C1CN(C(=O)c2ccc(CSC(F)F)o2)CC(=O)N1. The molecule has 0 saturated carbocycles. The number of furan rings is 1. The number of carbonyl (C=O) groups is 3. The summed E-state index contributed by atoms with van der Waals surface area (Å²) in [4.78, 5) is 35.3. The van der Waals surface area contributed by atoms with E-state index in [-0.39, 0.29) is 30.4 Å². The third kappa shape index (κ3) is 3.56. The van der Waals surface area contributed by atoms with Gasteiger partial charge in [0.1, 0.15) is 18.8 Å². The molecule has 1 aliphatic rings. The molecule has 1 aliphatic heterocycles. The van der Waals surface area contributed by atoms with Crippen molar-refractivity contribution in [3.8, 4) is 0 Å². The van der Waals surface area contributed by atoms with Crippen LogP contribution in [0, 0.1) is 0 Å². The highest BCUT2D eigenvalue weighted by Crippen LogP contribution is 2.21. The number of halogens is 2. The lowest BCUT2D eigenvalue weighted by molar-refractivity contribution is -0.135. The Morgan fingerprint density at radius 2 is 2.00 bits per heavy atom. The van der Waals surface area contributed by atoms with Crippen LogP contribution in [0.3, 0.4) is 0 Å². The predicted molar refractivity (Wildman–Crippen MR) is 65.1 cm³/mol. The van der Waals surface area contributed by atoms with Gasteiger partial charge in [-0.15, -0.1) is 0 Å². The highest BCUT2D eigenvalue weighted by molar-refractivity contribution is 7.98. The van der Waals surface area contributed by atoms with Gasteiger partial charge in [0.05, 0.1) is 5.75 Å². The van der Waals surface area contributed by atoms with E-state index in [9.17, 15) is 23.2 Å². The summed E-state index contributed by atoms with van der Waals surface area (Å²) in [6.07, 6.45) is 0. The molecule has 0 aliphatic carbocycles. The lowest BCUT2D eigenvalue weighted by Crippen LogP contribution is -2.53. The van der Waals surface area contributed by atoms with Crippen LogP contribution in [0.5, 0.6) is 0 Å². The third-order valence-electron chi connectivity index (χ3n) is 2.46. The van der Waals surface area contributed by atoms with E-state index in [1.165, 1.54) is 12.1 Å². The van der Waals surface area contributed by atoms with E-state index in [1.54, 1.807) is 0 Å². The first-order valence-electron chi connectivity index (χ1n) is 5.56. The number of hydrogen-bond donors (Lipinski definition) is 1. The molecule has 0 bridgehead atoms. The molecule has 1 fully saturated rings. The van der Waals surface area contributed by atoms with Crippen molar-refractivity contribution in [2.75, 3.05) is 13.1 Å². The number of hydrogen-bond acceptors (Lipinski definition) is 5. The molecule has 1 aromatic rings. The Bertz CT molecular complexity index is 530. The fraction of sp³-hybridized carbons (Fsp3) is 0.364. The number of carbonyl (C=O) groups excluding carboxylic acids is 3. The number of imide groups is 1. The molecule has 0 aromatic carbocycles. The van der Waals surface area contributed by atoms with Gasteiger partial charge in [0.2, 0.25) is 11.8 Å². The molecule has 6 nitrogen and oxygen atoms in total. The van der Waals surface area contributed by atoms with Gasteiger partial charge in [0.15, 0.2) is 5.76 Å². The first-order valence-corrected chi connectivity index (χ1v) is 6.61. The van der Waals surface area contributed by atoms with Crippen LogP contribution in [0.4, 0.5) is 8.78 Å². The average Bonchev–Trinajstić information content (AvgIpc) is 2.83. The molecule has 3 amide bonds. The van der Waals surface area contributed by atoms with Crippen LogP contribution in [-0.2, 0) is 15.3 Å². The number of alkyl halides is 2. The molecule has 1 saturated heterocycles. The van der Waals surface area contributed by atoms with Crippen LogP contribution >= 0.6 is 11.8 Å². The van der Waals surface area contributed by atoms with Crippen LogP contribution in [-0.4, -0.2) is 41.5 Å². The summed E-state index contributed by atoms with van der Waals surface area (Å²) in [5.41, 5.74) is 0. The van der Waals surface area contributed by atoms with E-state index in [4.69, 9.17) is 4.42 Å². The number of piperazine rings is 1. The molecule has 9 heteroatoms. The number of rotatable bonds is 4. The average molecular weight is 304 g/mol. The van der Waals surface area contributed by atoms with Crippen LogP contribution in [0.1, 0.15) is 16.3 Å². The van der Waals surface area contributed by atoms with Gasteiger partial charge in [-0.1, -0.05) is 11.8 Å². The van der Waals surface area contributed by atoms with Gasteiger partial charge >= 0.3 is 0 Å². The van der Waals surface area contributed by atoms with Gasteiger partial charge in [-0.3, -0.25) is 19.7 Å². The van der Waals surface area contributed by atoms with Crippen molar-refractivity contribution in [3.63, 3.8) is 0 Å². The smallest absolute Gasteiger partial charge is 0.290 e. The Hall–Kier alpha value is -1.90. The van der Waals surface area contributed by atoms with Crippen molar-refractivity contribution < 1.29 is 27.6 Å². The van der Waals surface area contributed by atoms with Crippen LogP contribution in [0.25, 0.3) is 0 Å². The van der Waals surface area contributed by atoms with E-state index >= 15 is 0 Å². The number of amides is 3. The maximum absolute atomic E-state index is 12.0. The molecule has 2 heterocycles. The first-order chi connectivity index (χ1) is 9.45. The van der Waals surface area contributed by atoms with E-state index in [0.29, 0.717) is 11.8 Å². The van der Waals surface area contributed by atoms with Crippen LogP contribution in [0.2, 0.25) is 0 Å². The summed E-state index contributed by atoms with van der Waals surface area (Å²) in [7, 11) is 0. The second kappa shape index (κ2) is 6.04. The van der Waals surface area contributed by atoms with Crippen molar-refractivity contribution in [3.05, 3.63) is 23.7 Å². The quantitative estimate of drug-likeness (QED) is 0.834. The maximum Gasteiger partial charge on any atom is 0.290 e. The van der Waals surface area contributed by atoms with Gasteiger partial charge in [0.25, 0.3) is 11.7 Å². The zero-order valence-electron chi connectivity index (χ0n) is 10.1. The van der Waals surface area contributed by atoms with Gasteiger partial charge in [0, 0.05) is 0 Å². The molecule has 1 aromatic heterocycles. The lowest BCUT2D eigenvalue weighted by atomic mass is 10.3. The lowest BCUT2D eigenvalue weighted by Gasteiger charge is -2.24. The Morgan fingerprint density at radius 3 is 2.60 bits per heavy atom. The van der Waals surface area contributed by atoms with Crippen molar-refractivity contribution in [1.82, 2.24) is 10.2 Å². The standard InChI is InChI=1S/C11H10F2N2O4S/c12-11(13)20-5-6-1-2-7(19-6)10(18)15-3-8(16)14-9(17)4-15/h1-2,11H,3-5H2,(H,14,16,17). The van der Waals surface area contributed by atoms with Gasteiger partial charge in [-0.2, -0.15) is 8.78 Å². The highest BCUT2D eigenvalue weighted by atomic mass is 32.2. The van der Waals surface area contributed by atoms with Gasteiger partial charge < -0.3 is 9.32 Å². The zero-order chi connectivity index (χ0) is 14.7. The second-order valence-corrected chi connectivity index (χ2v) is 4.95. The summed E-state index contributed by atoms with van der Waals surface area (Å²) in [5.74, 6) is -4.22. The van der Waals surface area contributed by atoms with Gasteiger partial charge in [-0.25, -0.2) is 0 Å². The topological polar surface area (TPSA) is 79.6 Å². The van der Waals surface area contributed by atoms with Crippen LogP contribution < -0.4 is 5.32 Å². The fourth-order valence-corrected chi connectivity index (χ4v) is 2.10. The first kappa shape index (κ1) is 14.5. The van der Waals surface area contributed by atoms with Crippen molar-refractivity contribution >= 4 is 29.5 Å². The number of nitrogens with one attached hydrogen (secondary N) is 1.